The molecule has 0 bridgehead atoms. The number of nitrogens with zero attached hydrogens (tertiary/aromatic N) is 1. The number of fused-ring (bicyclic) bond motifs is 1. The first-order valence-electron chi connectivity index (χ1n) is 5.70. The van der Waals surface area contributed by atoms with Crippen LogP contribution in [0.25, 0.3) is 0 Å². The van der Waals surface area contributed by atoms with E-state index in [0.29, 0.717) is 5.56 Å². The van der Waals surface area contributed by atoms with Gasteiger partial charge in [0.2, 0.25) is 0 Å². The van der Waals surface area contributed by atoms with Crippen LogP contribution in [0.15, 0.2) is 42.7 Å². The Balaban J connectivity index is 1.71. The van der Waals surface area contributed by atoms with Crippen molar-refractivity contribution >= 4 is 6.29 Å². The van der Waals surface area contributed by atoms with Crippen LogP contribution in [0, 0.1) is 0 Å². The van der Waals surface area contributed by atoms with Gasteiger partial charge in [0.1, 0.15) is 11.9 Å². The zero-order chi connectivity index (χ0) is 11.7. The predicted molar refractivity (Wildman–Crippen MR) is 64.4 cm³/mol. The topological polar surface area (TPSA) is 31.2 Å². The summed E-state index contributed by atoms with van der Waals surface area (Å²) in [7, 11) is 0. The lowest BCUT2D eigenvalue weighted by Gasteiger charge is -2.11. The SMILES string of the molecule is O=Cc1ccn(CC2Cc3ccccc3O2)c1. The molecule has 1 unspecified atom stereocenters. The number of aldehydes is 1. The molecule has 1 aliphatic heterocycles. The minimum absolute atomic E-state index is 0.166. The Bertz CT molecular complexity index is 520. The molecule has 2 heterocycles. The lowest BCUT2D eigenvalue weighted by molar-refractivity contribution is 0.112. The molecule has 0 spiro atoms. The molecule has 0 saturated carbocycles. The minimum atomic E-state index is 0.166. The van der Waals surface area contributed by atoms with Crippen molar-refractivity contribution in [2.45, 2.75) is 19.1 Å². The standard InChI is InChI=1S/C14H13NO2/c16-10-11-5-6-15(8-11)9-13-7-12-3-1-2-4-14(12)17-13/h1-6,8,10,13H,7,9H2. The van der Waals surface area contributed by atoms with Gasteiger partial charge < -0.3 is 9.30 Å². The van der Waals surface area contributed by atoms with Gasteiger partial charge in [-0.3, -0.25) is 4.79 Å². The number of rotatable bonds is 3. The van der Waals surface area contributed by atoms with Crippen molar-refractivity contribution in [3.05, 3.63) is 53.9 Å². The molecule has 0 N–H and O–H groups in total. The summed E-state index contributed by atoms with van der Waals surface area (Å²) >= 11 is 0. The van der Waals surface area contributed by atoms with Crippen LogP contribution in [-0.4, -0.2) is 17.0 Å². The first kappa shape index (κ1) is 10.1. The fourth-order valence-corrected chi connectivity index (χ4v) is 2.23. The second kappa shape index (κ2) is 4.09. The average Bonchev–Trinajstić information content (AvgIpc) is 2.94. The molecule has 2 aromatic rings. The quantitative estimate of drug-likeness (QED) is 0.753. The van der Waals surface area contributed by atoms with Crippen molar-refractivity contribution in [1.82, 2.24) is 4.57 Å². The second-order valence-electron chi connectivity index (χ2n) is 4.31. The molecule has 0 aliphatic carbocycles. The van der Waals surface area contributed by atoms with Gasteiger partial charge in [-0.25, -0.2) is 0 Å². The highest BCUT2D eigenvalue weighted by atomic mass is 16.5. The van der Waals surface area contributed by atoms with E-state index in [9.17, 15) is 4.79 Å². The Hall–Kier alpha value is -2.03. The highest BCUT2D eigenvalue weighted by Gasteiger charge is 2.22. The van der Waals surface area contributed by atoms with Crippen molar-refractivity contribution in [2.75, 3.05) is 0 Å². The number of para-hydroxylation sites is 1. The third kappa shape index (κ3) is 1.96. The number of hydrogen-bond acceptors (Lipinski definition) is 2. The summed E-state index contributed by atoms with van der Waals surface area (Å²) < 4.78 is 7.84. The fourth-order valence-electron chi connectivity index (χ4n) is 2.23. The smallest absolute Gasteiger partial charge is 0.151 e. The fraction of sp³-hybridized carbons (Fsp3) is 0.214. The van der Waals surface area contributed by atoms with Crippen LogP contribution < -0.4 is 4.74 Å². The summed E-state index contributed by atoms with van der Waals surface area (Å²) in [6.07, 6.45) is 5.72. The molecule has 3 heteroatoms. The van der Waals surface area contributed by atoms with E-state index >= 15 is 0 Å². The van der Waals surface area contributed by atoms with Crippen LogP contribution in [0.5, 0.6) is 5.75 Å². The first-order chi connectivity index (χ1) is 8.35. The van der Waals surface area contributed by atoms with Gasteiger partial charge in [0.05, 0.1) is 6.54 Å². The van der Waals surface area contributed by atoms with Gasteiger partial charge in [-0.15, -0.1) is 0 Å². The molecule has 0 saturated heterocycles. The zero-order valence-corrected chi connectivity index (χ0v) is 9.37. The number of aromatic nitrogens is 1. The number of carbonyl (C=O) groups excluding carboxylic acids is 1. The molecular formula is C14H13NO2. The number of benzene rings is 1. The summed E-state index contributed by atoms with van der Waals surface area (Å²) in [5.41, 5.74) is 1.97. The highest BCUT2D eigenvalue weighted by Crippen LogP contribution is 2.28. The van der Waals surface area contributed by atoms with Crippen LogP contribution >= 0.6 is 0 Å². The van der Waals surface area contributed by atoms with Gasteiger partial charge in [-0.1, -0.05) is 18.2 Å². The van der Waals surface area contributed by atoms with E-state index in [-0.39, 0.29) is 6.10 Å². The maximum atomic E-state index is 10.6. The Morgan fingerprint density at radius 2 is 2.24 bits per heavy atom. The molecule has 1 aromatic heterocycles. The van der Waals surface area contributed by atoms with E-state index in [1.807, 2.05) is 41.2 Å². The maximum Gasteiger partial charge on any atom is 0.151 e. The Labute approximate surface area is 99.6 Å². The molecule has 1 aromatic carbocycles. The zero-order valence-electron chi connectivity index (χ0n) is 9.37. The Morgan fingerprint density at radius 3 is 3.00 bits per heavy atom. The molecule has 0 amide bonds. The summed E-state index contributed by atoms with van der Waals surface area (Å²) in [5, 5.41) is 0. The third-order valence-electron chi connectivity index (χ3n) is 3.04. The molecule has 1 atom stereocenters. The van der Waals surface area contributed by atoms with Crippen molar-refractivity contribution < 1.29 is 9.53 Å². The second-order valence-corrected chi connectivity index (χ2v) is 4.31. The molecule has 3 rings (SSSR count). The summed E-state index contributed by atoms with van der Waals surface area (Å²) in [6.45, 7) is 0.780. The summed E-state index contributed by atoms with van der Waals surface area (Å²) in [5.74, 6) is 0.986. The van der Waals surface area contributed by atoms with Crippen LogP contribution in [0.4, 0.5) is 0 Å². The normalized spacial score (nSPS) is 17.5. The van der Waals surface area contributed by atoms with E-state index in [1.165, 1.54) is 5.56 Å². The number of carbonyl (C=O) groups is 1. The van der Waals surface area contributed by atoms with Crippen LogP contribution in [0.3, 0.4) is 0 Å². The Kier molecular flexibility index (Phi) is 2.44. The number of hydrogen-bond donors (Lipinski definition) is 0. The molecular weight excluding hydrogens is 214 g/mol. The number of ether oxygens (including phenoxy) is 1. The molecule has 3 nitrogen and oxygen atoms in total. The van der Waals surface area contributed by atoms with Crippen LogP contribution in [-0.2, 0) is 13.0 Å². The van der Waals surface area contributed by atoms with Crippen molar-refractivity contribution in [3.8, 4) is 5.75 Å². The van der Waals surface area contributed by atoms with Crippen LogP contribution in [0.2, 0.25) is 0 Å². The van der Waals surface area contributed by atoms with Gasteiger partial charge in [-0.2, -0.15) is 0 Å². The molecule has 86 valence electrons. The van der Waals surface area contributed by atoms with Gasteiger partial charge in [0.15, 0.2) is 6.29 Å². The third-order valence-corrected chi connectivity index (χ3v) is 3.04. The van der Waals surface area contributed by atoms with E-state index in [2.05, 4.69) is 6.07 Å². The van der Waals surface area contributed by atoms with Gasteiger partial charge in [-0.05, 0) is 17.7 Å². The first-order valence-corrected chi connectivity index (χ1v) is 5.70. The molecule has 17 heavy (non-hydrogen) atoms. The average molecular weight is 227 g/mol. The Morgan fingerprint density at radius 1 is 1.35 bits per heavy atom. The van der Waals surface area contributed by atoms with E-state index in [0.717, 1.165) is 25.0 Å². The summed E-state index contributed by atoms with van der Waals surface area (Å²) in [4.78, 5) is 10.6. The molecule has 0 fully saturated rings. The van der Waals surface area contributed by atoms with Gasteiger partial charge in [0.25, 0.3) is 0 Å². The van der Waals surface area contributed by atoms with Crippen LogP contribution in [0.1, 0.15) is 15.9 Å². The summed E-state index contributed by atoms with van der Waals surface area (Å²) in [6, 6.07) is 9.94. The molecule has 1 aliphatic rings. The van der Waals surface area contributed by atoms with Gasteiger partial charge >= 0.3 is 0 Å². The van der Waals surface area contributed by atoms with Crippen molar-refractivity contribution in [1.29, 1.82) is 0 Å². The van der Waals surface area contributed by atoms with Crippen molar-refractivity contribution in [2.24, 2.45) is 0 Å². The predicted octanol–water partition coefficient (Wildman–Crippen LogP) is 2.30. The molecule has 0 radical (unpaired) electrons. The minimum Gasteiger partial charge on any atom is -0.488 e. The highest BCUT2D eigenvalue weighted by molar-refractivity contribution is 5.74. The maximum absolute atomic E-state index is 10.6. The largest absolute Gasteiger partial charge is 0.488 e. The lowest BCUT2D eigenvalue weighted by atomic mass is 10.1. The van der Waals surface area contributed by atoms with E-state index in [1.54, 1.807) is 0 Å². The van der Waals surface area contributed by atoms with Crippen molar-refractivity contribution in [3.63, 3.8) is 0 Å². The lowest BCUT2D eigenvalue weighted by Crippen LogP contribution is -2.19. The van der Waals surface area contributed by atoms with Gasteiger partial charge in [0, 0.05) is 24.4 Å². The van der Waals surface area contributed by atoms with E-state index in [4.69, 9.17) is 4.74 Å². The monoisotopic (exact) mass is 227 g/mol. The van der Waals surface area contributed by atoms with E-state index < -0.39 is 0 Å².